The zero-order valence-electron chi connectivity index (χ0n) is 10.9. The molecule has 0 aromatic heterocycles. The molecule has 0 spiro atoms. The van der Waals surface area contributed by atoms with Crippen LogP contribution in [0.5, 0.6) is 0 Å². The van der Waals surface area contributed by atoms with Crippen LogP contribution in [0.1, 0.15) is 12.8 Å². The SMILES string of the molecule is CN1CC(=O)N(CC2CCCO2)c2ccc(Br)cc21. The highest BCUT2D eigenvalue weighted by molar-refractivity contribution is 9.10. The average molecular weight is 325 g/mol. The van der Waals surface area contributed by atoms with E-state index in [0.717, 1.165) is 35.3 Å². The first kappa shape index (κ1) is 12.9. The summed E-state index contributed by atoms with van der Waals surface area (Å²) in [5.74, 6) is 0.146. The van der Waals surface area contributed by atoms with E-state index in [9.17, 15) is 4.79 Å². The molecule has 2 aliphatic heterocycles. The highest BCUT2D eigenvalue weighted by atomic mass is 79.9. The maximum Gasteiger partial charge on any atom is 0.246 e. The number of amides is 1. The first-order chi connectivity index (χ1) is 9.15. The van der Waals surface area contributed by atoms with Crippen LogP contribution in [-0.4, -0.2) is 38.8 Å². The molecule has 1 unspecified atom stereocenters. The summed E-state index contributed by atoms with van der Waals surface area (Å²) in [5.41, 5.74) is 2.07. The van der Waals surface area contributed by atoms with Crippen LogP contribution in [-0.2, 0) is 9.53 Å². The van der Waals surface area contributed by atoms with Crippen LogP contribution in [0.2, 0.25) is 0 Å². The normalized spacial score (nSPS) is 22.8. The molecule has 5 heteroatoms. The number of rotatable bonds is 2. The van der Waals surface area contributed by atoms with E-state index in [1.807, 2.05) is 29.0 Å². The van der Waals surface area contributed by atoms with Crippen LogP contribution >= 0.6 is 15.9 Å². The van der Waals surface area contributed by atoms with Gasteiger partial charge in [-0.1, -0.05) is 15.9 Å². The van der Waals surface area contributed by atoms with Gasteiger partial charge in [-0.05, 0) is 31.0 Å². The summed E-state index contributed by atoms with van der Waals surface area (Å²) in [6.45, 7) is 1.91. The number of likely N-dealkylation sites (N-methyl/N-ethyl adjacent to an activating group) is 1. The lowest BCUT2D eigenvalue weighted by Crippen LogP contribution is -2.47. The Morgan fingerprint density at radius 1 is 1.42 bits per heavy atom. The summed E-state index contributed by atoms with van der Waals surface area (Å²) >= 11 is 3.49. The van der Waals surface area contributed by atoms with Crippen LogP contribution in [0.4, 0.5) is 11.4 Å². The molecule has 1 amide bonds. The van der Waals surface area contributed by atoms with Crippen molar-refractivity contribution in [2.75, 3.05) is 36.5 Å². The summed E-state index contributed by atoms with van der Waals surface area (Å²) in [6.07, 6.45) is 2.33. The lowest BCUT2D eigenvalue weighted by Gasteiger charge is -2.36. The summed E-state index contributed by atoms with van der Waals surface area (Å²) in [6, 6.07) is 6.04. The fraction of sp³-hybridized carbons (Fsp3) is 0.500. The van der Waals surface area contributed by atoms with E-state index in [0.29, 0.717) is 13.1 Å². The molecule has 0 aliphatic carbocycles. The summed E-state index contributed by atoms with van der Waals surface area (Å²) in [7, 11) is 1.95. The third kappa shape index (κ3) is 2.49. The van der Waals surface area contributed by atoms with E-state index >= 15 is 0 Å². The molecule has 3 rings (SSSR count). The molecule has 1 saturated heterocycles. The number of anilines is 2. The van der Waals surface area contributed by atoms with Crippen LogP contribution < -0.4 is 9.80 Å². The van der Waals surface area contributed by atoms with Crippen LogP contribution in [0, 0.1) is 0 Å². The second-order valence-electron chi connectivity index (χ2n) is 5.13. The largest absolute Gasteiger partial charge is 0.376 e. The number of hydrogen-bond donors (Lipinski definition) is 0. The summed E-state index contributed by atoms with van der Waals surface area (Å²) < 4.78 is 6.68. The van der Waals surface area contributed by atoms with Crippen molar-refractivity contribution in [3.05, 3.63) is 22.7 Å². The standard InChI is InChI=1S/C14H17BrN2O2/c1-16-9-14(18)17(8-11-3-2-6-19-11)12-5-4-10(15)7-13(12)16/h4-5,7,11H,2-3,6,8-9H2,1H3. The Morgan fingerprint density at radius 2 is 2.26 bits per heavy atom. The molecule has 1 atom stereocenters. The Morgan fingerprint density at radius 3 is 3.00 bits per heavy atom. The quantitative estimate of drug-likeness (QED) is 0.837. The number of halogens is 1. The van der Waals surface area contributed by atoms with Crippen LogP contribution in [0.15, 0.2) is 22.7 Å². The van der Waals surface area contributed by atoms with Crippen molar-refractivity contribution < 1.29 is 9.53 Å². The number of benzene rings is 1. The molecule has 0 bridgehead atoms. The summed E-state index contributed by atoms with van der Waals surface area (Å²) in [5, 5.41) is 0. The van der Waals surface area contributed by atoms with Gasteiger partial charge in [-0.15, -0.1) is 0 Å². The molecule has 4 nitrogen and oxygen atoms in total. The van der Waals surface area contributed by atoms with Gasteiger partial charge in [-0.25, -0.2) is 0 Å². The van der Waals surface area contributed by atoms with Crippen LogP contribution in [0.25, 0.3) is 0 Å². The second-order valence-corrected chi connectivity index (χ2v) is 6.04. The van der Waals surface area contributed by atoms with Crippen molar-refractivity contribution in [3.63, 3.8) is 0 Å². The average Bonchev–Trinajstić information content (AvgIpc) is 2.87. The van der Waals surface area contributed by atoms with E-state index in [-0.39, 0.29) is 12.0 Å². The van der Waals surface area contributed by atoms with E-state index in [1.165, 1.54) is 0 Å². The van der Waals surface area contributed by atoms with Gasteiger partial charge in [0.05, 0.1) is 30.6 Å². The van der Waals surface area contributed by atoms with Gasteiger partial charge < -0.3 is 14.5 Å². The Bertz CT molecular complexity index is 500. The van der Waals surface area contributed by atoms with Gasteiger partial charge in [0, 0.05) is 18.1 Å². The minimum absolute atomic E-state index is 0.146. The van der Waals surface area contributed by atoms with Gasteiger partial charge in [0.15, 0.2) is 0 Å². The summed E-state index contributed by atoms with van der Waals surface area (Å²) in [4.78, 5) is 16.1. The van der Waals surface area contributed by atoms with Crippen molar-refractivity contribution in [3.8, 4) is 0 Å². The van der Waals surface area contributed by atoms with E-state index in [2.05, 4.69) is 22.0 Å². The highest BCUT2D eigenvalue weighted by Gasteiger charge is 2.30. The Labute approximate surface area is 121 Å². The van der Waals surface area contributed by atoms with Crippen molar-refractivity contribution in [1.82, 2.24) is 0 Å². The van der Waals surface area contributed by atoms with Gasteiger partial charge in [-0.3, -0.25) is 4.79 Å². The van der Waals surface area contributed by atoms with Crippen molar-refractivity contribution in [2.24, 2.45) is 0 Å². The number of hydrogen-bond acceptors (Lipinski definition) is 3. The van der Waals surface area contributed by atoms with E-state index in [1.54, 1.807) is 0 Å². The topological polar surface area (TPSA) is 32.8 Å². The minimum Gasteiger partial charge on any atom is -0.376 e. The molecule has 1 fully saturated rings. The first-order valence-electron chi connectivity index (χ1n) is 6.58. The predicted octanol–water partition coefficient (Wildman–Crippen LogP) is 2.41. The third-order valence-electron chi connectivity index (χ3n) is 3.72. The molecule has 1 aromatic rings. The third-order valence-corrected chi connectivity index (χ3v) is 4.22. The van der Waals surface area contributed by atoms with Crippen LogP contribution in [0.3, 0.4) is 0 Å². The fourth-order valence-corrected chi connectivity index (χ4v) is 3.08. The van der Waals surface area contributed by atoms with Gasteiger partial charge in [0.25, 0.3) is 0 Å². The van der Waals surface area contributed by atoms with Gasteiger partial charge in [-0.2, -0.15) is 0 Å². The molecule has 2 heterocycles. The fourth-order valence-electron chi connectivity index (χ4n) is 2.73. The smallest absolute Gasteiger partial charge is 0.246 e. The number of carbonyl (C=O) groups excluding carboxylic acids is 1. The predicted molar refractivity (Wildman–Crippen MR) is 78.7 cm³/mol. The number of nitrogens with zero attached hydrogens (tertiary/aromatic N) is 2. The lowest BCUT2D eigenvalue weighted by atomic mass is 10.1. The maximum absolute atomic E-state index is 12.3. The minimum atomic E-state index is 0.146. The van der Waals surface area contributed by atoms with Gasteiger partial charge in [0.1, 0.15) is 0 Å². The molecular weight excluding hydrogens is 308 g/mol. The van der Waals surface area contributed by atoms with E-state index < -0.39 is 0 Å². The first-order valence-corrected chi connectivity index (χ1v) is 7.37. The lowest BCUT2D eigenvalue weighted by molar-refractivity contribution is -0.117. The number of carbonyl (C=O) groups is 1. The highest BCUT2D eigenvalue weighted by Crippen LogP contribution is 2.35. The zero-order chi connectivity index (χ0) is 13.4. The molecule has 1 aromatic carbocycles. The van der Waals surface area contributed by atoms with Crippen molar-refractivity contribution in [1.29, 1.82) is 0 Å². The molecule has 2 aliphatic rings. The maximum atomic E-state index is 12.3. The van der Waals surface area contributed by atoms with Gasteiger partial charge >= 0.3 is 0 Å². The number of fused-ring (bicyclic) bond motifs is 1. The molecule has 0 radical (unpaired) electrons. The Hall–Kier alpha value is -1.07. The molecular formula is C14H17BrN2O2. The number of ether oxygens (including phenoxy) is 1. The molecule has 102 valence electrons. The van der Waals surface area contributed by atoms with E-state index in [4.69, 9.17) is 4.74 Å². The Balaban J connectivity index is 1.91. The monoisotopic (exact) mass is 324 g/mol. The Kier molecular flexibility index (Phi) is 3.50. The van der Waals surface area contributed by atoms with Crippen molar-refractivity contribution in [2.45, 2.75) is 18.9 Å². The molecule has 0 N–H and O–H groups in total. The second kappa shape index (κ2) is 5.13. The molecule has 19 heavy (non-hydrogen) atoms. The van der Waals surface area contributed by atoms with Crippen molar-refractivity contribution >= 4 is 33.2 Å². The molecule has 0 saturated carbocycles. The zero-order valence-corrected chi connectivity index (χ0v) is 12.5. The van der Waals surface area contributed by atoms with Gasteiger partial charge in [0.2, 0.25) is 5.91 Å².